The quantitative estimate of drug-likeness (QED) is 0.168. The molecule has 0 aliphatic carbocycles. The van der Waals surface area contributed by atoms with Crippen molar-refractivity contribution in [3.8, 4) is 22.6 Å². The van der Waals surface area contributed by atoms with Gasteiger partial charge in [-0.25, -0.2) is 22.6 Å². The van der Waals surface area contributed by atoms with Crippen molar-refractivity contribution in [1.29, 1.82) is 0 Å². The van der Waals surface area contributed by atoms with Crippen molar-refractivity contribution in [2.75, 3.05) is 19.8 Å². The van der Waals surface area contributed by atoms with Crippen molar-refractivity contribution in [2.45, 2.75) is 56.3 Å². The standard InChI is InChI=1S/C41H40F3N5O5S/c1-40(2,3)54-39(50)47-21-11-13-30(24-47)46-48-26-36(41(42,43)44)38(45-27-48)35-25-49(55(51,52)33-17-8-5-9-18-33)37-23-29(19-20-34(35)37)28-12-10-16-32(22-28)53-31-14-6-4-7-15-31/h4-10,12,14-20,22-23,25-26,30,46H,11,13,21,24,27H2,1-3H3/t30-/m0/s1. The monoisotopic (exact) mass is 771 g/mol. The van der Waals surface area contributed by atoms with Crippen LogP contribution in [0.2, 0.25) is 0 Å². The van der Waals surface area contributed by atoms with Gasteiger partial charge < -0.3 is 14.4 Å². The molecule has 0 saturated carbocycles. The molecule has 7 rings (SSSR count). The van der Waals surface area contributed by atoms with Gasteiger partial charge in [0.15, 0.2) is 0 Å². The third-order valence-corrected chi connectivity index (χ3v) is 10.8. The van der Waals surface area contributed by atoms with Crippen LogP contribution in [0.25, 0.3) is 22.0 Å². The third kappa shape index (κ3) is 8.40. The lowest BCUT2D eigenvalue weighted by Crippen LogP contribution is -2.53. The first-order valence-electron chi connectivity index (χ1n) is 17.8. The molecule has 4 aromatic carbocycles. The van der Waals surface area contributed by atoms with Crippen LogP contribution in [0.15, 0.2) is 131 Å². The number of ether oxygens (including phenoxy) is 2. The van der Waals surface area contributed by atoms with Crippen LogP contribution in [0.3, 0.4) is 0 Å². The number of nitrogens with one attached hydrogen (secondary N) is 1. The maximum absolute atomic E-state index is 14.9. The van der Waals surface area contributed by atoms with Crippen LogP contribution in [0.5, 0.6) is 11.5 Å². The highest BCUT2D eigenvalue weighted by Gasteiger charge is 2.41. The Morgan fingerprint density at radius 2 is 1.56 bits per heavy atom. The maximum atomic E-state index is 14.9. The van der Waals surface area contributed by atoms with Crippen LogP contribution in [0.4, 0.5) is 18.0 Å². The summed E-state index contributed by atoms with van der Waals surface area (Å²) in [5, 5.41) is 1.54. The number of aromatic nitrogens is 1. The molecule has 2 aliphatic rings. The third-order valence-electron chi connectivity index (χ3n) is 9.12. The zero-order chi connectivity index (χ0) is 39.0. The molecule has 286 valence electrons. The fourth-order valence-electron chi connectivity index (χ4n) is 6.65. The van der Waals surface area contributed by atoms with E-state index in [9.17, 15) is 26.4 Å². The molecule has 1 fully saturated rings. The molecular formula is C41H40F3N5O5S. The normalized spacial score (nSPS) is 16.8. The molecule has 3 heterocycles. The van der Waals surface area contributed by atoms with Crippen LogP contribution in [-0.2, 0) is 14.8 Å². The van der Waals surface area contributed by atoms with Crippen LogP contribution >= 0.6 is 0 Å². The molecule has 0 bridgehead atoms. The molecule has 10 nitrogen and oxygen atoms in total. The van der Waals surface area contributed by atoms with Crippen molar-refractivity contribution in [3.63, 3.8) is 0 Å². The summed E-state index contributed by atoms with van der Waals surface area (Å²) in [6.45, 7) is 5.84. The second-order valence-electron chi connectivity index (χ2n) is 14.4. The SMILES string of the molecule is CC(C)(C)OC(=O)N1CCC[C@H](NN2C=C(C(F)(F)F)C(c3cn(S(=O)(=O)c4ccccc4)c4cc(-c5cccc(Oc6ccccc6)c5)ccc34)=NC2)C1. The number of alkyl halides is 3. The minimum atomic E-state index is -4.85. The Morgan fingerprint density at radius 3 is 2.27 bits per heavy atom. The number of rotatable bonds is 8. The van der Waals surface area contributed by atoms with E-state index in [2.05, 4.69) is 10.4 Å². The molecule has 1 N–H and O–H groups in total. The van der Waals surface area contributed by atoms with Gasteiger partial charge in [-0.15, -0.1) is 0 Å². The number of benzene rings is 4. The summed E-state index contributed by atoms with van der Waals surface area (Å²) in [5.74, 6) is 1.19. The second kappa shape index (κ2) is 14.9. The van der Waals surface area contributed by atoms with Gasteiger partial charge in [-0.1, -0.05) is 60.7 Å². The van der Waals surface area contributed by atoms with Gasteiger partial charge in [0.25, 0.3) is 10.0 Å². The average molecular weight is 772 g/mol. The second-order valence-corrected chi connectivity index (χ2v) is 16.2. The topological polar surface area (TPSA) is 105 Å². The minimum absolute atomic E-state index is 0.0132. The minimum Gasteiger partial charge on any atom is -0.457 e. The van der Waals surface area contributed by atoms with Crippen LogP contribution in [0.1, 0.15) is 39.2 Å². The number of nitrogens with zero attached hydrogens (tertiary/aromatic N) is 4. The molecule has 1 atom stereocenters. The summed E-state index contributed by atoms with van der Waals surface area (Å²) in [4.78, 5) is 18.6. The Bertz CT molecular complexity index is 2370. The van der Waals surface area contributed by atoms with E-state index >= 15 is 0 Å². The number of fused-ring (bicyclic) bond motifs is 1. The van der Waals surface area contributed by atoms with Crippen molar-refractivity contribution in [2.24, 2.45) is 4.99 Å². The molecule has 1 saturated heterocycles. The van der Waals surface area contributed by atoms with Gasteiger partial charge in [0.2, 0.25) is 0 Å². The van der Waals surface area contributed by atoms with E-state index in [4.69, 9.17) is 9.47 Å². The first-order chi connectivity index (χ1) is 26.2. The van der Waals surface area contributed by atoms with Crippen molar-refractivity contribution < 1.29 is 35.9 Å². The predicted octanol–water partition coefficient (Wildman–Crippen LogP) is 8.75. The Kier molecular flexibility index (Phi) is 10.2. The van der Waals surface area contributed by atoms with E-state index in [1.165, 1.54) is 23.3 Å². The van der Waals surface area contributed by atoms with E-state index in [0.29, 0.717) is 42.0 Å². The molecule has 0 radical (unpaired) electrons. The van der Waals surface area contributed by atoms with E-state index in [1.54, 1.807) is 68.1 Å². The number of aliphatic imine (C=N–C) groups is 1. The Hall–Kier alpha value is -5.60. The molecule has 1 amide bonds. The number of hydrogen-bond donors (Lipinski definition) is 1. The number of allylic oxidation sites excluding steroid dienone is 1. The summed E-state index contributed by atoms with van der Waals surface area (Å²) in [7, 11) is -4.27. The fraction of sp³-hybridized carbons (Fsp3) is 0.268. The van der Waals surface area contributed by atoms with Crippen molar-refractivity contribution >= 4 is 32.7 Å². The van der Waals surface area contributed by atoms with E-state index < -0.39 is 33.5 Å². The number of halogens is 3. The zero-order valence-electron chi connectivity index (χ0n) is 30.5. The predicted molar refractivity (Wildman–Crippen MR) is 204 cm³/mol. The summed E-state index contributed by atoms with van der Waals surface area (Å²) in [6.07, 6.45) is -1.90. The van der Waals surface area contributed by atoms with Gasteiger partial charge in [0, 0.05) is 42.5 Å². The number of amides is 1. The van der Waals surface area contributed by atoms with E-state index in [-0.39, 0.29) is 46.3 Å². The number of carbonyl (C=O) groups is 1. The lowest BCUT2D eigenvalue weighted by Gasteiger charge is -2.37. The number of hydrazine groups is 1. The van der Waals surface area contributed by atoms with Gasteiger partial charge in [-0.3, -0.25) is 10.0 Å². The average Bonchev–Trinajstić information content (AvgIpc) is 3.54. The van der Waals surface area contributed by atoms with E-state index in [1.807, 2.05) is 48.5 Å². The van der Waals surface area contributed by atoms with Gasteiger partial charge in [-0.2, -0.15) is 13.2 Å². The lowest BCUT2D eigenvalue weighted by atomic mass is 9.98. The number of carbonyl (C=O) groups excluding carboxylic acids is 1. The van der Waals surface area contributed by atoms with Gasteiger partial charge in [0.05, 0.1) is 21.7 Å². The highest BCUT2D eigenvalue weighted by molar-refractivity contribution is 7.90. The highest BCUT2D eigenvalue weighted by Crippen LogP contribution is 2.37. The van der Waals surface area contributed by atoms with Crippen molar-refractivity contribution in [1.82, 2.24) is 19.3 Å². The van der Waals surface area contributed by atoms with Crippen LogP contribution in [0, 0.1) is 0 Å². The van der Waals surface area contributed by atoms with Crippen LogP contribution < -0.4 is 10.2 Å². The number of para-hydroxylation sites is 1. The summed E-state index contributed by atoms with van der Waals surface area (Å²) in [5.41, 5.74) is 2.51. The molecule has 0 unspecified atom stereocenters. The highest BCUT2D eigenvalue weighted by atomic mass is 32.2. The first-order valence-corrected chi connectivity index (χ1v) is 19.2. The first kappa shape index (κ1) is 37.7. The molecule has 14 heteroatoms. The molecular weight excluding hydrogens is 732 g/mol. The molecule has 5 aromatic rings. The maximum Gasteiger partial charge on any atom is 0.419 e. The van der Waals surface area contributed by atoms with Crippen molar-refractivity contribution in [3.05, 3.63) is 127 Å². The summed E-state index contributed by atoms with van der Waals surface area (Å²) >= 11 is 0. The van der Waals surface area contributed by atoms with Gasteiger partial charge in [-0.05, 0) is 87.2 Å². The zero-order valence-corrected chi connectivity index (χ0v) is 31.3. The molecule has 2 aliphatic heterocycles. The Balaban J connectivity index is 1.24. The summed E-state index contributed by atoms with van der Waals surface area (Å²) < 4.78 is 85.7. The van der Waals surface area contributed by atoms with Gasteiger partial charge in [0.1, 0.15) is 23.8 Å². The smallest absolute Gasteiger partial charge is 0.419 e. The van der Waals surface area contributed by atoms with E-state index in [0.717, 1.165) is 10.2 Å². The Morgan fingerprint density at radius 1 is 0.873 bits per heavy atom. The molecule has 0 spiro atoms. The fourth-order valence-corrected chi connectivity index (χ4v) is 8.03. The number of likely N-dealkylation sites (tertiary alicyclic amines) is 1. The van der Waals surface area contributed by atoms with Gasteiger partial charge >= 0.3 is 12.3 Å². The largest absolute Gasteiger partial charge is 0.457 e. The Labute approximate surface area is 317 Å². The number of piperidine rings is 1. The molecule has 1 aromatic heterocycles. The summed E-state index contributed by atoms with van der Waals surface area (Å²) in [6, 6.07) is 28.9. The van der Waals surface area contributed by atoms with Crippen LogP contribution in [-0.4, -0.2) is 71.7 Å². The lowest BCUT2D eigenvalue weighted by molar-refractivity contribution is -0.0879. The molecule has 55 heavy (non-hydrogen) atoms. The number of hydrogen-bond acceptors (Lipinski definition) is 8.